The Morgan fingerprint density at radius 2 is 2.19 bits per heavy atom. The van der Waals surface area contributed by atoms with E-state index < -0.39 is 21.1 Å². The number of allylic oxidation sites excluding steroid dienone is 2. The van der Waals surface area contributed by atoms with Crippen LogP contribution in [-0.2, 0) is 19.4 Å². The smallest absolute Gasteiger partial charge is 0.334 e. The molecule has 1 aliphatic heterocycles. The normalized spacial score (nSPS) is 22.4. The van der Waals surface area contributed by atoms with E-state index in [-0.39, 0.29) is 11.3 Å². The van der Waals surface area contributed by atoms with E-state index in [9.17, 15) is 13.2 Å². The van der Waals surface area contributed by atoms with Crippen LogP contribution >= 0.6 is 0 Å². The summed E-state index contributed by atoms with van der Waals surface area (Å²) in [6, 6.07) is 0. The molecule has 0 N–H and O–H groups in total. The largest absolute Gasteiger partial charge is 0.466 e. The van der Waals surface area contributed by atoms with Crippen LogP contribution in [0.2, 0.25) is 0 Å². The van der Waals surface area contributed by atoms with Gasteiger partial charge in [0.1, 0.15) is 0 Å². The second kappa shape index (κ2) is 4.82. The highest BCUT2D eigenvalue weighted by Gasteiger charge is 2.36. The van der Waals surface area contributed by atoms with E-state index in [2.05, 4.69) is 4.74 Å². The maximum absolute atomic E-state index is 11.7. The van der Waals surface area contributed by atoms with E-state index in [0.29, 0.717) is 6.42 Å². The first-order chi connectivity index (χ1) is 7.38. The molecule has 0 bridgehead atoms. The van der Waals surface area contributed by atoms with Crippen LogP contribution in [0.5, 0.6) is 0 Å². The summed E-state index contributed by atoms with van der Waals surface area (Å²) in [6.07, 6.45) is 3.61. The fraction of sp³-hybridized carbons (Fsp3) is 0.545. The van der Waals surface area contributed by atoms with Crippen molar-refractivity contribution >= 4 is 15.8 Å². The molecule has 16 heavy (non-hydrogen) atoms. The highest BCUT2D eigenvalue weighted by Crippen LogP contribution is 2.25. The Morgan fingerprint density at radius 1 is 1.56 bits per heavy atom. The van der Waals surface area contributed by atoms with Gasteiger partial charge in [0.25, 0.3) is 0 Å². The second-order valence-electron chi connectivity index (χ2n) is 3.99. The molecule has 0 aromatic rings. The fourth-order valence-corrected chi connectivity index (χ4v) is 3.21. The van der Waals surface area contributed by atoms with E-state index in [0.717, 1.165) is 5.57 Å². The predicted molar refractivity (Wildman–Crippen MR) is 61.7 cm³/mol. The highest BCUT2D eigenvalue weighted by atomic mass is 32.2. The summed E-state index contributed by atoms with van der Waals surface area (Å²) in [7, 11) is -1.97. The number of hydrogen-bond acceptors (Lipinski definition) is 4. The minimum atomic E-state index is -3.23. The van der Waals surface area contributed by atoms with Gasteiger partial charge in [-0.1, -0.05) is 17.7 Å². The SMILES string of the molecule is COC(=O)C1=CCS(=O)(=O)C1CC=C(C)C. The molecule has 0 fully saturated rings. The van der Waals surface area contributed by atoms with Crippen molar-refractivity contribution in [2.75, 3.05) is 12.9 Å². The third-order valence-corrected chi connectivity index (χ3v) is 4.42. The molecule has 0 radical (unpaired) electrons. The zero-order valence-electron chi connectivity index (χ0n) is 9.69. The molecule has 1 rings (SSSR count). The Labute approximate surface area is 95.9 Å². The quantitative estimate of drug-likeness (QED) is 0.553. The van der Waals surface area contributed by atoms with Gasteiger partial charge >= 0.3 is 5.97 Å². The predicted octanol–water partition coefficient (Wildman–Crippen LogP) is 1.24. The average molecular weight is 244 g/mol. The van der Waals surface area contributed by atoms with Crippen molar-refractivity contribution in [2.24, 2.45) is 0 Å². The van der Waals surface area contributed by atoms with Crippen LogP contribution in [0.25, 0.3) is 0 Å². The monoisotopic (exact) mass is 244 g/mol. The van der Waals surface area contributed by atoms with Crippen molar-refractivity contribution in [3.05, 3.63) is 23.3 Å². The molecule has 0 amide bonds. The zero-order valence-corrected chi connectivity index (χ0v) is 10.5. The van der Waals surface area contributed by atoms with Crippen LogP contribution in [0, 0.1) is 0 Å². The molecule has 0 saturated carbocycles. The Kier molecular flexibility index (Phi) is 3.91. The van der Waals surface area contributed by atoms with Gasteiger partial charge in [0.05, 0.1) is 23.7 Å². The molecule has 90 valence electrons. The first-order valence-corrected chi connectivity index (χ1v) is 6.73. The molecule has 0 spiro atoms. The maximum Gasteiger partial charge on any atom is 0.334 e. The molecule has 0 aromatic heterocycles. The van der Waals surface area contributed by atoms with Crippen molar-refractivity contribution in [3.63, 3.8) is 0 Å². The first kappa shape index (κ1) is 13.0. The van der Waals surface area contributed by atoms with Crippen LogP contribution in [0.4, 0.5) is 0 Å². The van der Waals surface area contributed by atoms with Gasteiger partial charge in [0, 0.05) is 0 Å². The minimum Gasteiger partial charge on any atom is -0.466 e. The summed E-state index contributed by atoms with van der Waals surface area (Å²) in [6.45, 7) is 3.78. The number of carbonyl (C=O) groups is 1. The number of methoxy groups -OCH3 is 1. The van der Waals surface area contributed by atoms with Crippen LogP contribution < -0.4 is 0 Å². The number of rotatable bonds is 3. The number of esters is 1. The Morgan fingerprint density at radius 3 is 2.69 bits per heavy atom. The fourth-order valence-electron chi connectivity index (χ4n) is 1.60. The van der Waals surface area contributed by atoms with Crippen LogP contribution in [0.15, 0.2) is 23.3 Å². The van der Waals surface area contributed by atoms with Crippen molar-refractivity contribution in [3.8, 4) is 0 Å². The number of sulfone groups is 1. The minimum absolute atomic E-state index is 0.0707. The van der Waals surface area contributed by atoms with E-state index in [1.807, 2.05) is 19.9 Å². The Bertz CT molecular complexity index is 439. The van der Waals surface area contributed by atoms with E-state index >= 15 is 0 Å². The lowest BCUT2D eigenvalue weighted by Gasteiger charge is -2.11. The molecule has 1 aliphatic rings. The van der Waals surface area contributed by atoms with Gasteiger partial charge < -0.3 is 4.74 Å². The van der Waals surface area contributed by atoms with Crippen LogP contribution in [-0.4, -0.2) is 32.5 Å². The molecule has 0 aromatic carbocycles. The van der Waals surface area contributed by atoms with Crippen LogP contribution in [0.1, 0.15) is 20.3 Å². The lowest BCUT2D eigenvalue weighted by Crippen LogP contribution is -2.23. The molecule has 4 nitrogen and oxygen atoms in total. The van der Waals surface area contributed by atoms with Gasteiger partial charge in [0.15, 0.2) is 9.84 Å². The van der Waals surface area contributed by atoms with E-state index in [4.69, 9.17) is 0 Å². The summed E-state index contributed by atoms with van der Waals surface area (Å²) in [5, 5.41) is -0.741. The maximum atomic E-state index is 11.7. The van der Waals surface area contributed by atoms with E-state index in [1.54, 1.807) is 0 Å². The summed E-state index contributed by atoms with van der Waals surface area (Å²) < 4.78 is 28.0. The topological polar surface area (TPSA) is 60.4 Å². The number of carbonyl (C=O) groups excluding carboxylic acids is 1. The second-order valence-corrected chi connectivity index (χ2v) is 6.21. The molecule has 5 heteroatoms. The summed E-state index contributed by atoms with van der Waals surface area (Å²) in [5.41, 5.74) is 1.30. The Hall–Kier alpha value is -1.10. The molecular formula is C11H16O4S. The van der Waals surface area contributed by atoms with Gasteiger partial charge in [-0.05, 0) is 20.3 Å². The Balaban J connectivity index is 2.95. The van der Waals surface area contributed by atoms with Crippen molar-refractivity contribution in [1.29, 1.82) is 0 Å². The van der Waals surface area contributed by atoms with Gasteiger partial charge in [-0.2, -0.15) is 0 Å². The zero-order chi connectivity index (χ0) is 12.3. The first-order valence-electron chi connectivity index (χ1n) is 5.01. The molecule has 0 aliphatic carbocycles. The van der Waals surface area contributed by atoms with Gasteiger partial charge in [-0.25, -0.2) is 13.2 Å². The number of ether oxygens (including phenoxy) is 1. The number of hydrogen-bond donors (Lipinski definition) is 0. The summed E-state index contributed by atoms with van der Waals surface area (Å²) in [4.78, 5) is 11.4. The third-order valence-electron chi connectivity index (χ3n) is 2.48. The molecule has 1 atom stereocenters. The van der Waals surface area contributed by atoms with Gasteiger partial charge in [0.2, 0.25) is 0 Å². The van der Waals surface area contributed by atoms with Crippen molar-refractivity contribution in [1.82, 2.24) is 0 Å². The molecule has 1 heterocycles. The summed E-state index contributed by atoms with van der Waals surface area (Å²) in [5.74, 6) is -0.619. The highest BCUT2D eigenvalue weighted by molar-refractivity contribution is 7.92. The average Bonchev–Trinajstić information content (AvgIpc) is 2.49. The lowest BCUT2D eigenvalue weighted by molar-refractivity contribution is -0.136. The van der Waals surface area contributed by atoms with Gasteiger partial charge in [-0.15, -0.1) is 0 Å². The molecule has 1 unspecified atom stereocenters. The van der Waals surface area contributed by atoms with Gasteiger partial charge in [-0.3, -0.25) is 0 Å². The van der Waals surface area contributed by atoms with Crippen molar-refractivity contribution < 1.29 is 17.9 Å². The lowest BCUT2D eigenvalue weighted by atomic mass is 10.1. The van der Waals surface area contributed by atoms with E-state index in [1.165, 1.54) is 13.2 Å². The molecule has 0 saturated heterocycles. The van der Waals surface area contributed by atoms with Crippen molar-refractivity contribution in [2.45, 2.75) is 25.5 Å². The van der Waals surface area contributed by atoms with Crippen LogP contribution in [0.3, 0.4) is 0 Å². The third kappa shape index (κ3) is 2.72. The molecular weight excluding hydrogens is 228 g/mol. The standard InChI is InChI=1S/C11H16O4S/c1-8(2)4-5-10-9(11(12)15-3)6-7-16(10,13)14/h4,6,10H,5,7H2,1-3H3. The summed E-state index contributed by atoms with van der Waals surface area (Å²) >= 11 is 0.